The van der Waals surface area contributed by atoms with Crippen LogP contribution in [0, 0.1) is 6.92 Å². The monoisotopic (exact) mass is 302 g/mol. The minimum atomic E-state index is 0.0440. The van der Waals surface area contributed by atoms with E-state index in [1.807, 2.05) is 18.4 Å². The third kappa shape index (κ3) is 2.90. The van der Waals surface area contributed by atoms with Gasteiger partial charge < -0.3 is 5.32 Å². The second kappa shape index (κ2) is 6.71. The maximum absolute atomic E-state index is 4.95. The Bertz CT molecular complexity index is 570. The van der Waals surface area contributed by atoms with Crippen LogP contribution in [0.3, 0.4) is 0 Å². The van der Waals surface area contributed by atoms with Gasteiger partial charge in [-0.05, 0) is 39.3 Å². The number of nitrogens with one attached hydrogen (secondary N) is 1. The van der Waals surface area contributed by atoms with Gasteiger partial charge in [0.25, 0.3) is 0 Å². The summed E-state index contributed by atoms with van der Waals surface area (Å²) in [7, 11) is 2.01. The summed E-state index contributed by atoms with van der Waals surface area (Å²) in [5, 5.41) is 4.59. The normalized spacial score (nSPS) is 13.4. The van der Waals surface area contributed by atoms with Crippen molar-refractivity contribution in [3.05, 3.63) is 51.5 Å². The predicted octanol–water partition coefficient (Wildman–Crippen LogP) is 4.84. The van der Waals surface area contributed by atoms with Gasteiger partial charge in [-0.15, -0.1) is 11.3 Å². The molecule has 1 unspecified atom stereocenters. The fraction of sp³-hybridized carbons (Fsp3) is 0.500. The molecule has 0 spiro atoms. The molecule has 21 heavy (non-hydrogen) atoms. The van der Waals surface area contributed by atoms with Crippen LogP contribution in [0.1, 0.15) is 60.8 Å². The summed E-state index contributed by atoms with van der Waals surface area (Å²) in [6.07, 6.45) is 2.15. The highest BCUT2D eigenvalue weighted by Gasteiger charge is 2.34. The van der Waals surface area contributed by atoms with E-state index in [1.54, 1.807) is 0 Å². The summed E-state index contributed by atoms with van der Waals surface area (Å²) in [5.41, 5.74) is 2.59. The van der Waals surface area contributed by atoms with Crippen molar-refractivity contribution in [1.29, 1.82) is 0 Å². The first-order valence-electron chi connectivity index (χ1n) is 7.79. The molecular formula is C18H26N2S. The van der Waals surface area contributed by atoms with Gasteiger partial charge in [0.15, 0.2) is 0 Å². The molecule has 2 nitrogen and oxygen atoms in total. The van der Waals surface area contributed by atoms with Crippen molar-refractivity contribution in [2.75, 3.05) is 7.05 Å². The SMILES string of the molecule is CCC(CC)(c1ccccc1)c1nc(C)c(C(C)NC)s1. The summed E-state index contributed by atoms with van der Waals surface area (Å²) in [6, 6.07) is 11.2. The third-order valence-electron chi connectivity index (χ3n) is 4.60. The summed E-state index contributed by atoms with van der Waals surface area (Å²) in [4.78, 5) is 6.30. The highest BCUT2D eigenvalue weighted by atomic mass is 32.1. The fourth-order valence-corrected chi connectivity index (χ4v) is 4.47. The van der Waals surface area contributed by atoms with E-state index in [9.17, 15) is 0 Å². The highest BCUT2D eigenvalue weighted by molar-refractivity contribution is 7.12. The van der Waals surface area contributed by atoms with Gasteiger partial charge in [-0.25, -0.2) is 4.98 Å². The molecule has 0 fully saturated rings. The van der Waals surface area contributed by atoms with Gasteiger partial charge in [0.1, 0.15) is 5.01 Å². The van der Waals surface area contributed by atoms with E-state index in [0.717, 1.165) is 12.8 Å². The number of thiazole rings is 1. The summed E-state index contributed by atoms with van der Waals surface area (Å²) in [6.45, 7) is 8.87. The van der Waals surface area contributed by atoms with Crippen LogP contribution in [0.2, 0.25) is 0 Å². The molecule has 0 amide bonds. The van der Waals surface area contributed by atoms with Crippen LogP contribution >= 0.6 is 11.3 Å². The standard InChI is InChI=1S/C18H26N2S/c1-6-18(7-2,15-11-9-8-10-12-15)17-20-14(4)16(21-17)13(3)19-5/h8-13,19H,6-7H2,1-5H3. The van der Waals surface area contributed by atoms with Crippen LogP contribution in [-0.4, -0.2) is 12.0 Å². The van der Waals surface area contributed by atoms with Gasteiger partial charge >= 0.3 is 0 Å². The first-order chi connectivity index (χ1) is 10.1. The van der Waals surface area contributed by atoms with Gasteiger partial charge in [-0.3, -0.25) is 0 Å². The molecule has 0 saturated carbocycles. The van der Waals surface area contributed by atoms with Gasteiger partial charge in [0.05, 0.1) is 5.69 Å². The lowest BCUT2D eigenvalue weighted by atomic mass is 9.76. The van der Waals surface area contributed by atoms with E-state index >= 15 is 0 Å². The molecule has 2 rings (SSSR count). The summed E-state index contributed by atoms with van der Waals surface area (Å²) in [5.74, 6) is 0. The lowest BCUT2D eigenvalue weighted by Gasteiger charge is -2.30. The quantitative estimate of drug-likeness (QED) is 0.826. The van der Waals surface area contributed by atoms with Crippen molar-refractivity contribution in [3.8, 4) is 0 Å². The molecule has 1 N–H and O–H groups in total. The average molecular weight is 302 g/mol. The molecule has 1 atom stereocenters. The first-order valence-corrected chi connectivity index (χ1v) is 8.61. The molecule has 1 aromatic heterocycles. The lowest BCUT2D eigenvalue weighted by Crippen LogP contribution is -2.25. The molecule has 0 aliphatic rings. The Morgan fingerprint density at radius 1 is 1.19 bits per heavy atom. The molecule has 114 valence electrons. The van der Waals surface area contributed by atoms with Crippen molar-refractivity contribution in [3.63, 3.8) is 0 Å². The molecule has 0 radical (unpaired) electrons. The number of benzene rings is 1. The minimum Gasteiger partial charge on any atom is -0.312 e. The smallest absolute Gasteiger partial charge is 0.104 e. The number of aryl methyl sites for hydroxylation is 1. The minimum absolute atomic E-state index is 0.0440. The molecular weight excluding hydrogens is 276 g/mol. The van der Waals surface area contributed by atoms with Crippen LogP contribution in [0.5, 0.6) is 0 Å². The molecule has 3 heteroatoms. The average Bonchev–Trinajstić information content (AvgIpc) is 2.92. The second-order valence-electron chi connectivity index (χ2n) is 5.63. The maximum atomic E-state index is 4.95. The van der Waals surface area contributed by atoms with Crippen molar-refractivity contribution in [2.24, 2.45) is 0 Å². The zero-order valence-electron chi connectivity index (χ0n) is 13.7. The van der Waals surface area contributed by atoms with Crippen LogP contribution < -0.4 is 5.32 Å². The van der Waals surface area contributed by atoms with E-state index in [0.29, 0.717) is 6.04 Å². The number of rotatable bonds is 6. The van der Waals surface area contributed by atoms with Gasteiger partial charge in [-0.2, -0.15) is 0 Å². The molecule has 0 saturated heterocycles. The number of nitrogens with zero attached hydrogens (tertiary/aromatic N) is 1. The number of hydrogen-bond donors (Lipinski definition) is 1. The van der Waals surface area contributed by atoms with E-state index in [2.05, 4.69) is 63.3 Å². The zero-order valence-corrected chi connectivity index (χ0v) is 14.6. The third-order valence-corrected chi connectivity index (χ3v) is 6.15. The van der Waals surface area contributed by atoms with Crippen molar-refractivity contribution in [1.82, 2.24) is 10.3 Å². The number of hydrogen-bond acceptors (Lipinski definition) is 3. The van der Waals surface area contributed by atoms with Gasteiger partial charge in [-0.1, -0.05) is 44.2 Å². The lowest BCUT2D eigenvalue weighted by molar-refractivity contribution is 0.475. The van der Waals surface area contributed by atoms with E-state index < -0.39 is 0 Å². The van der Waals surface area contributed by atoms with Crippen molar-refractivity contribution < 1.29 is 0 Å². The Morgan fingerprint density at radius 3 is 2.33 bits per heavy atom. The van der Waals surface area contributed by atoms with Crippen LogP contribution in [0.15, 0.2) is 30.3 Å². The topological polar surface area (TPSA) is 24.9 Å². The maximum Gasteiger partial charge on any atom is 0.104 e. The van der Waals surface area contributed by atoms with E-state index in [1.165, 1.54) is 21.1 Å². The van der Waals surface area contributed by atoms with Crippen molar-refractivity contribution in [2.45, 2.75) is 52.0 Å². The van der Waals surface area contributed by atoms with Gasteiger partial charge in [0, 0.05) is 16.3 Å². The summed E-state index contributed by atoms with van der Waals surface area (Å²) >= 11 is 1.87. The Kier molecular flexibility index (Phi) is 5.17. The fourth-order valence-electron chi connectivity index (χ4n) is 2.99. The molecule has 1 aromatic carbocycles. The largest absolute Gasteiger partial charge is 0.312 e. The molecule has 1 heterocycles. The van der Waals surface area contributed by atoms with Crippen LogP contribution in [0.4, 0.5) is 0 Å². The molecule has 0 aliphatic heterocycles. The Labute approximate surface area is 132 Å². The zero-order chi connectivity index (χ0) is 15.5. The Balaban J connectivity index is 2.54. The Hall–Kier alpha value is -1.19. The summed E-state index contributed by atoms with van der Waals surface area (Å²) < 4.78 is 0. The molecule has 0 aliphatic carbocycles. The van der Waals surface area contributed by atoms with Gasteiger partial charge in [0.2, 0.25) is 0 Å². The molecule has 2 aromatic rings. The predicted molar refractivity (Wildman–Crippen MR) is 92.1 cm³/mol. The van der Waals surface area contributed by atoms with Crippen LogP contribution in [0.25, 0.3) is 0 Å². The van der Waals surface area contributed by atoms with Crippen LogP contribution in [-0.2, 0) is 5.41 Å². The van der Waals surface area contributed by atoms with Crippen molar-refractivity contribution >= 4 is 11.3 Å². The first kappa shape index (κ1) is 16.2. The van der Waals surface area contributed by atoms with E-state index in [4.69, 9.17) is 4.98 Å². The Morgan fingerprint density at radius 2 is 1.81 bits per heavy atom. The number of aromatic nitrogens is 1. The second-order valence-corrected chi connectivity index (χ2v) is 6.66. The molecule has 0 bridgehead atoms. The highest BCUT2D eigenvalue weighted by Crippen LogP contribution is 2.42. The van der Waals surface area contributed by atoms with E-state index in [-0.39, 0.29) is 5.41 Å².